The minimum atomic E-state index is -0.140. The highest BCUT2D eigenvalue weighted by atomic mass is 79.9. The van der Waals surface area contributed by atoms with Gasteiger partial charge in [0.25, 0.3) is 5.91 Å². The second kappa shape index (κ2) is 5.98. The molecular weight excluding hydrogens is 366 g/mol. The summed E-state index contributed by atoms with van der Waals surface area (Å²) in [6, 6.07) is 14.0. The Morgan fingerprint density at radius 3 is 2.92 bits per heavy atom. The van der Waals surface area contributed by atoms with Gasteiger partial charge in [-0.15, -0.1) is 0 Å². The van der Waals surface area contributed by atoms with Gasteiger partial charge in [0.2, 0.25) is 0 Å². The van der Waals surface area contributed by atoms with Crippen molar-refractivity contribution < 1.29 is 4.79 Å². The van der Waals surface area contributed by atoms with E-state index in [1.54, 1.807) is 0 Å². The van der Waals surface area contributed by atoms with Gasteiger partial charge in [0.05, 0.1) is 4.47 Å². The molecule has 4 rings (SSSR count). The number of amides is 1. The normalized spacial score (nSPS) is 13.3. The maximum Gasteiger partial charge on any atom is 0.273 e. The van der Waals surface area contributed by atoms with Crippen LogP contribution in [0.15, 0.2) is 46.9 Å². The van der Waals surface area contributed by atoms with E-state index >= 15 is 0 Å². The lowest BCUT2D eigenvalue weighted by molar-refractivity contribution is 0.102. The average Bonchev–Trinajstić information content (AvgIpc) is 3.16. The van der Waals surface area contributed by atoms with Crippen molar-refractivity contribution in [3.05, 3.63) is 58.2 Å². The highest BCUT2D eigenvalue weighted by molar-refractivity contribution is 9.10. The van der Waals surface area contributed by atoms with Gasteiger partial charge < -0.3 is 15.2 Å². The number of likely N-dealkylation sites (N-methyl/N-ethyl adjacent to an activating group) is 1. The molecule has 0 saturated heterocycles. The smallest absolute Gasteiger partial charge is 0.273 e. The van der Waals surface area contributed by atoms with Crippen molar-refractivity contribution in [3.8, 4) is 0 Å². The summed E-state index contributed by atoms with van der Waals surface area (Å²) in [5.41, 5.74) is 4.89. The first kappa shape index (κ1) is 15.3. The van der Waals surface area contributed by atoms with Crippen molar-refractivity contribution in [2.75, 3.05) is 23.3 Å². The van der Waals surface area contributed by atoms with Crippen molar-refractivity contribution in [1.82, 2.24) is 4.98 Å². The third kappa shape index (κ3) is 2.49. The second-order valence-corrected chi connectivity index (χ2v) is 6.78. The van der Waals surface area contributed by atoms with Crippen LogP contribution in [0.1, 0.15) is 23.0 Å². The fourth-order valence-corrected chi connectivity index (χ4v) is 3.93. The SMILES string of the molecule is CCN1CCc2ccc(NC(=O)c3[nH]c4ccccc4c3Br)cc21. The molecule has 0 unspecified atom stereocenters. The molecule has 0 spiro atoms. The largest absolute Gasteiger partial charge is 0.371 e. The van der Waals surface area contributed by atoms with Crippen LogP contribution in [-0.4, -0.2) is 24.0 Å². The van der Waals surface area contributed by atoms with E-state index in [-0.39, 0.29) is 5.91 Å². The molecule has 1 aliphatic rings. The highest BCUT2D eigenvalue weighted by Crippen LogP contribution is 2.32. The summed E-state index contributed by atoms with van der Waals surface area (Å²) in [5.74, 6) is -0.140. The van der Waals surface area contributed by atoms with Gasteiger partial charge >= 0.3 is 0 Å². The number of para-hydroxylation sites is 1. The number of anilines is 2. The van der Waals surface area contributed by atoms with E-state index < -0.39 is 0 Å². The van der Waals surface area contributed by atoms with Gasteiger partial charge in [-0.05, 0) is 53.0 Å². The number of nitrogens with one attached hydrogen (secondary N) is 2. The molecule has 1 aliphatic heterocycles. The molecule has 3 aromatic rings. The summed E-state index contributed by atoms with van der Waals surface area (Å²) >= 11 is 3.54. The van der Waals surface area contributed by atoms with Crippen LogP contribution in [0.2, 0.25) is 0 Å². The molecule has 5 heteroatoms. The van der Waals surface area contributed by atoms with E-state index in [9.17, 15) is 4.79 Å². The third-order valence-electron chi connectivity index (χ3n) is 4.59. The summed E-state index contributed by atoms with van der Waals surface area (Å²) in [4.78, 5) is 18.2. The van der Waals surface area contributed by atoms with Crippen molar-refractivity contribution in [1.29, 1.82) is 0 Å². The number of aromatic amines is 1. The minimum Gasteiger partial charge on any atom is -0.371 e. The Balaban J connectivity index is 1.63. The average molecular weight is 384 g/mol. The number of carbonyl (C=O) groups is 1. The van der Waals surface area contributed by atoms with Crippen molar-refractivity contribution >= 4 is 44.1 Å². The molecule has 0 fully saturated rings. The zero-order valence-electron chi connectivity index (χ0n) is 13.4. The Labute approximate surface area is 149 Å². The monoisotopic (exact) mass is 383 g/mol. The molecule has 2 aromatic carbocycles. The zero-order valence-corrected chi connectivity index (χ0v) is 15.0. The number of aromatic nitrogens is 1. The Morgan fingerprint density at radius 1 is 1.29 bits per heavy atom. The summed E-state index contributed by atoms with van der Waals surface area (Å²) in [6.45, 7) is 4.19. The Hall–Kier alpha value is -2.27. The van der Waals surface area contributed by atoms with E-state index in [4.69, 9.17) is 0 Å². The van der Waals surface area contributed by atoms with E-state index in [2.05, 4.69) is 50.2 Å². The molecule has 2 heterocycles. The number of hydrogen-bond acceptors (Lipinski definition) is 2. The van der Waals surface area contributed by atoms with Crippen LogP contribution in [-0.2, 0) is 6.42 Å². The highest BCUT2D eigenvalue weighted by Gasteiger charge is 2.20. The van der Waals surface area contributed by atoms with E-state index in [0.29, 0.717) is 5.69 Å². The van der Waals surface area contributed by atoms with Crippen LogP contribution < -0.4 is 10.2 Å². The number of fused-ring (bicyclic) bond motifs is 2. The number of rotatable bonds is 3. The molecule has 2 N–H and O–H groups in total. The zero-order chi connectivity index (χ0) is 16.7. The first-order valence-corrected chi connectivity index (χ1v) is 8.92. The molecule has 1 aromatic heterocycles. The van der Waals surface area contributed by atoms with Gasteiger partial charge in [-0.3, -0.25) is 4.79 Å². The molecule has 0 aliphatic carbocycles. The van der Waals surface area contributed by atoms with Crippen molar-refractivity contribution in [2.24, 2.45) is 0 Å². The maximum absolute atomic E-state index is 12.7. The third-order valence-corrected chi connectivity index (χ3v) is 5.41. The van der Waals surface area contributed by atoms with E-state index in [1.165, 1.54) is 11.3 Å². The van der Waals surface area contributed by atoms with Gasteiger partial charge in [0.15, 0.2) is 0 Å². The Bertz CT molecular complexity index is 932. The van der Waals surface area contributed by atoms with Crippen LogP contribution in [0.25, 0.3) is 10.9 Å². The first-order chi connectivity index (χ1) is 11.7. The van der Waals surface area contributed by atoms with Gasteiger partial charge in [-0.1, -0.05) is 24.3 Å². The van der Waals surface area contributed by atoms with Gasteiger partial charge in [-0.25, -0.2) is 0 Å². The number of hydrogen-bond donors (Lipinski definition) is 2. The van der Waals surface area contributed by atoms with Crippen LogP contribution in [0.3, 0.4) is 0 Å². The van der Waals surface area contributed by atoms with E-state index in [1.807, 2.05) is 30.3 Å². The molecule has 0 bridgehead atoms. The summed E-state index contributed by atoms with van der Waals surface area (Å²) in [6.07, 6.45) is 1.07. The summed E-state index contributed by atoms with van der Waals surface area (Å²) < 4.78 is 0.798. The number of halogens is 1. The molecule has 0 radical (unpaired) electrons. The Kier molecular flexibility index (Phi) is 3.81. The number of carbonyl (C=O) groups excluding carboxylic acids is 1. The lowest BCUT2D eigenvalue weighted by Crippen LogP contribution is -2.19. The standard InChI is InChI=1S/C19H18BrN3O/c1-2-23-10-9-12-7-8-13(11-16(12)23)21-19(24)18-17(20)14-5-3-4-6-15(14)22-18/h3-8,11,22H,2,9-10H2,1H3,(H,21,24). The second-order valence-electron chi connectivity index (χ2n) is 5.99. The molecule has 4 nitrogen and oxygen atoms in total. The van der Waals surface area contributed by atoms with Crippen LogP contribution in [0.5, 0.6) is 0 Å². The summed E-state index contributed by atoms with van der Waals surface area (Å²) in [5, 5.41) is 4.02. The molecule has 0 saturated carbocycles. The first-order valence-electron chi connectivity index (χ1n) is 8.13. The predicted octanol–water partition coefficient (Wildman–Crippen LogP) is 4.57. The van der Waals surface area contributed by atoms with Gasteiger partial charge in [0, 0.05) is 35.4 Å². The number of benzene rings is 2. The van der Waals surface area contributed by atoms with Crippen LogP contribution in [0, 0.1) is 0 Å². The molecule has 1 amide bonds. The van der Waals surface area contributed by atoms with Gasteiger partial charge in [0.1, 0.15) is 5.69 Å². The molecule has 0 atom stereocenters. The Morgan fingerprint density at radius 2 is 2.12 bits per heavy atom. The predicted molar refractivity (Wildman–Crippen MR) is 102 cm³/mol. The van der Waals surface area contributed by atoms with Gasteiger partial charge in [-0.2, -0.15) is 0 Å². The summed E-state index contributed by atoms with van der Waals surface area (Å²) in [7, 11) is 0. The molecular formula is C19H18BrN3O. The fraction of sp³-hybridized carbons (Fsp3) is 0.211. The lowest BCUT2D eigenvalue weighted by atomic mass is 10.1. The fourth-order valence-electron chi connectivity index (χ4n) is 3.31. The van der Waals surface area contributed by atoms with Crippen LogP contribution in [0.4, 0.5) is 11.4 Å². The van der Waals surface area contributed by atoms with E-state index in [0.717, 1.165) is 40.6 Å². The van der Waals surface area contributed by atoms with Crippen molar-refractivity contribution in [2.45, 2.75) is 13.3 Å². The minimum absolute atomic E-state index is 0.140. The van der Waals surface area contributed by atoms with Crippen LogP contribution >= 0.6 is 15.9 Å². The molecule has 122 valence electrons. The lowest BCUT2D eigenvalue weighted by Gasteiger charge is -2.17. The number of nitrogens with zero attached hydrogens (tertiary/aromatic N) is 1. The molecule has 24 heavy (non-hydrogen) atoms. The van der Waals surface area contributed by atoms with Crippen molar-refractivity contribution in [3.63, 3.8) is 0 Å². The maximum atomic E-state index is 12.7. The quantitative estimate of drug-likeness (QED) is 0.695. The number of H-pyrrole nitrogens is 1. The topological polar surface area (TPSA) is 48.1 Å².